The molecule has 2 unspecified atom stereocenters. The number of nitrogens with zero attached hydrogens (tertiary/aromatic N) is 2. The first-order chi connectivity index (χ1) is 9.15. The molecule has 0 radical (unpaired) electrons. The topological polar surface area (TPSA) is 37.8 Å². The van der Waals surface area contributed by atoms with Gasteiger partial charge >= 0.3 is 0 Å². The van der Waals surface area contributed by atoms with Crippen molar-refractivity contribution in [3.63, 3.8) is 0 Å². The van der Waals surface area contributed by atoms with E-state index in [1.807, 2.05) is 12.4 Å². The number of rotatable bonds is 5. The average Bonchev–Trinajstić information content (AvgIpc) is 2.42. The molecule has 2 rings (SSSR count). The second-order valence-corrected chi connectivity index (χ2v) is 6.40. The van der Waals surface area contributed by atoms with E-state index in [1.54, 1.807) is 6.20 Å². The number of aromatic nitrogens is 2. The van der Waals surface area contributed by atoms with Gasteiger partial charge in [0.25, 0.3) is 0 Å². The predicted molar refractivity (Wildman–Crippen MR) is 78.8 cm³/mol. The highest BCUT2D eigenvalue weighted by atomic mass is 15.0. The van der Waals surface area contributed by atoms with E-state index in [0.717, 1.165) is 18.7 Å². The SMILES string of the molecule is CCCNC(c1cnccn1)C1CCCCC1(C)C. The zero-order valence-corrected chi connectivity index (χ0v) is 12.5. The van der Waals surface area contributed by atoms with E-state index >= 15 is 0 Å². The Balaban J connectivity index is 2.21. The van der Waals surface area contributed by atoms with Gasteiger partial charge in [-0.3, -0.25) is 9.97 Å². The minimum absolute atomic E-state index is 0.351. The molecule has 0 amide bonds. The van der Waals surface area contributed by atoms with Crippen LogP contribution in [0.15, 0.2) is 18.6 Å². The van der Waals surface area contributed by atoms with Crippen LogP contribution >= 0.6 is 0 Å². The molecule has 0 saturated heterocycles. The van der Waals surface area contributed by atoms with Crippen molar-refractivity contribution in [1.29, 1.82) is 0 Å². The zero-order valence-electron chi connectivity index (χ0n) is 12.5. The highest BCUT2D eigenvalue weighted by Crippen LogP contribution is 2.46. The van der Waals surface area contributed by atoms with Crippen molar-refractivity contribution in [2.75, 3.05) is 6.54 Å². The molecule has 1 saturated carbocycles. The summed E-state index contributed by atoms with van der Waals surface area (Å²) in [5, 5.41) is 3.71. The van der Waals surface area contributed by atoms with Crippen molar-refractivity contribution in [2.24, 2.45) is 11.3 Å². The summed E-state index contributed by atoms with van der Waals surface area (Å²) in [5.41, 5.74) is 1.50. The molecule has 106 valence electrons. The lowest BCUT2D eigenvalue weighted by atomic mass is 9.65. The average molecular weight is 261 g/mol. The van der Waals surface area contributed by atoms with Crippen LogP contribution in [0, 0.1) is 11.3 Å². The van der Waals surface area contributed by atoms with Crippen LogP contribution in [-0.4, -0.2) is 16.5 Å². The molecule has 0 spiro atoms. The first-order valence-corrected chi connectivity index (χ1v) is 7.64. The Morgan fingerprint density at radius 2 is 2.21 bits per heavy atom. The van der Waals surface area contributed by atoms with Crippen LogP contribution in [0.2, 0.25) is 0 Å². The Morgan fingerprint density at radius 1 is 1.37 bits per heavy atom. The molecule has 1 aromatic heterocycles. The van der Waals surface area contributed by atoms with Gasteiger partial charge in [0.2, 0.25) is 0 Å². The summed E-state index contributed by atoms with van der Waals surface area (Å²) >= 11 is 0. The largest absolute Gasteiger partial charge is 0.308 e. The lowest BCUT2D eigenvalue weighted by molar-refractivity contribution is 0.0964. The fraction of sp³-hybridized carbons (Fsp3) is 0.750. The standard InChI is InChI=1S/C16H27N3/c1-4-9-19-15(14-12-17-10-11-18-14)13-7-5-6-8-16(13,2)3/h10-13,15,19H,4-9H2,1-3H3. The molecular weight excluding hydrogens is 234 g/mol. The van der Waals surface area contributed by atoms with Crippen molar-refractivity contribution in [1.82, 2.24) is 15.3 Å². The maximum absolute atomic E-state index is 4.55. The molecule has 0 aromatic carbocycles. The zero-order chi connectivity index (χ0) is 13.7. The van der Waals surface area contributed by atoms with Crippen LogP contribution in [0.25, 0.3) is 0 Å². The lowest BCUT2D eigenvalue weighted by Crippen LogP contribution is -2.39. The summed E-state index contributed by atoms with van der Waals surface area (Å²) in [6.07, 6.45) is 12.0. The summed E-state index contributed by atoms with van der Waals surface area (Å²) in [6, 6.07) is 0.351. The van der Waals surface area contributed by atoms with Crippen molar-refractivity contribution in [3.05, 3.63) is 24.3 Å². The molecular formula is C16H27N3. The third kappa shape index (κ3) is 3.53. The van der Waals surface area contributed by atoms with Gasteiger partial charge in [0.05, 0.1) is 11.7 Å². The van der Waals surface area contributed by atoms with Crippen LogP contribution in [-0.2, 0) is 0 Å². The molecule has 1 aliphatic rings. The number of nitrogens with one attached hydrogen (secondary N) is 1. The summed E-state index contributed by atoms with van der Waals surface area (Å²) in [7, 11) is 0. The van der Waals surface area contributed by atoms with Gasteiger partial charge in [-0.1, -0.05) is 33.6 Å². The van der Waals surface area contributed by atoms with Gasteiger partial charge in [0, 0.05) is 18.6 Å². The third-order valence-corrected chi connectivity index (χ3v) is 4.51. The Labute approximate surface area is 117 Å². The van der Waals surface area contributed by atoms with E-state index < -0.39 is 0 Å². The fourth-order valence-electron chi connectivity index (χ4n) is 3.36. The highest BCUT2D eigenvalue weighted by molar-refractivity contribution is 5.07. The smallest absolute Gasteiger partial charge is 0.0759 e. The summed E-state index contributed by atoms with van der Waals surface area (Å²) in [4.78, 5) is 8.80. The quantitative estimate of drug-likeness (QED) is 0.877. The van der Waals surface area contributed by atoms with Crippen LogP contribution in [0.4, 0.5) is 0 Å². The third-order valence-electron chi connectivity index (χ3n) is 4.51. The minimum atomic E-state index is 0.351. The summed E-state index contributed by atoms with van der Waals surface area (Å²) < 4.78 is 0. The Hall–Kier alpha value is -0.960. The van der Waals surface area contributed by atoms with Crippen LogP contribution in [0.3, 0.4) is 0 Å². The van der Waals surface area contributed by atoms with Crippen LogP contribution in [0.1, 0.15) is 64.6 Å². The normalized spacial score (nSPS) is 24.1. The van der Waals surface area contributed by atoms with Crippen LogP contribution < -0.4 is 5.32 Å². The Bertz CT molecular complexity index is 375. The monoisotopic (exact) mass is 261 g/mol. The van der Waals surface area contributed by atoms with Gasteiger partial charge in [-0.2, -0.15) is 0 Å². The van der Waals surface area contributed by atoms with E-state index in [4.69, 9.17) is 0 Å². The molecule has 1 heterocycles. The Morgan fingerprint density at radius 3 is 2.84 bits per heavy atom. The predicted octanol–water partition coefficient (Wildman–Crippen LogP) is 3.73. The molecule has 19 heavy (non-hydrogen) atoms. The fourth-order valence-corrected chi connectivity index (χ4v) is 3.36. The van der Waals surface area contributed by atoms with E-state index in [1.165, 1.54) is 25.7 Å². The van der Waals surface area contributed by atoms with Crippen molar-refractivity contribution in [2.45, 2.75) is 58.9 Å². The Kier molecular flexibility index (Phi) is 4.92. The van der Waals surface area contributed by atoms with Gasteiger partial charge in [-0.05, 0) is 37.1 Å². The maximum Gasteiger partial charge on any atom is 0.0759 e. The molecule has 1 aromatic rings. The molecule has 3 heteroatoms. The molecule has 0 aliphatic heterocycles. The van der Waals surface area contributed by atoms with Gasteiger partial charge < -0.3 is 5.32 Å². The van der Waals surface area contributed by atoms with Crippen molar-refractivity contribution < 1.29 is 0 Å². The minimum Gasteiger partial charge on any atom is -0.308 e. The summed E-state index contributed by atoms with van der Waals surface area (Å²) in [6.45, 7) is 8.09. The van der Waals surface area contributed by atoms with E-state index in [-0.39, 0.29) is 0 Å². The van der Waals surface area contributed by atoms with Gasteiger partial charge in [-0.25, -0.2) is 0 Å². The van der Waals surface area contributed by atoms with Crippen molar-refractivity contribution in [3.8, 4) is 0 Å². The lowest BCUT2D eigenvalue weighted by Gasteiger charge is -2.43. The van der Waals surface area contributed by atoms with E-state index in [2.05, 4.69) is 36.1 Å². The molecule has 1 fully saturated rings. The second-order valence-electron chi connectivity index (χ2n) is 6.40. The first kappa shape index (κ1) is 14.4. The molecule has 1 N–H and O–H groups in total. The van der Waals surface area contributed by atoms with E-state index in [9.17, 15) is 0 Å². The number of hydrogen-bond acceptors (Lipinski definition) is 3. The molecule has 3 nitrogen and oxygen atoms in total. The van der Waals surface area contributed by atoms with Crippen LogP contribution in [0.5, 0.6) is 0 Å². The first-order valence-electron chi connectivity index (χ1n) is 7.64. The number of hydrogen-bond donors (Lipinski definition) is 1. The second kappa shape index (κ2) is 6.47. The van der Waals surface area contributed by atoms with Gasteiger partial charge in [0.1, 0.15) is 0 Å². The van der Waals surface area contributed by atoms with E-state index in [0.29, 0.717) is 17.4 Å². The molecule has 0 bridgehead atoms. The highest BCUT2D eigenvalue weighted by Gasteiger charge is 2.38. The molecule has 2 atom stereocenters. The summed E-state index contributed by atoms with van der Waals surface area (Å²) in [5.74, 6) is 0.657. The molecule has 1 aliphatic carbocycles. The van der Waals surface area contributed by atoms with Gasteiger partial charge in [0.15, 0.2) is 0 Å². The maximum atomic E-state index is 4.55. The van der Waals surface area contributed by atoms with Gasteiger partial charge in [-0.15, -0.1) is 0 Å². The van der Waals surface area contributed by atoms with Crippen molar-refractivity contribution >= 4 is 0 Å².